The van der Waals surface area contributed by atoms with E-state index in [2.05, 4.69) is 5.32 Å². The van der Waals surface area contributed by atoms with Gasteiger partial charge in [0.05, 0.1) is 35.1 Å². The molecule has 0 radical (unpaired) electrons. The van der Waals surface area contributed by atoms with Gasteiger partial charge in [-0.3, -0.25) is 4.79 Å². The molecule has 2 amide bonds. The molecule has 0 saturated heterocycles. The molecule has 14 heteroatoms. The number of fused-ring (bicyclic) bond motifs is 3. The molecule has 0 bridgehead atoms. The predicted molar refractivity (Wildman–Crippen MR) is 173 cm³/mol. The van der Waals surface area contributed by atoms with Gasteiger partial charge < -0.3 is 33.6 Å². The number of aryl methyl sites for hydroxylation is 1. The lowest BCUT2D eigenvalue weighted by Crippen LogP contribution is -2.50. The van der Waals surface area contributed by atoms with E-state index in [0.717, 1.165) is 23.9 Å². The van der Waals surface area contributed by atoms with Crippen molar-refractivity contribution >= 4 is 40.0 Å². The Balaban J connectivity index is 1.32. The Labute approximate surface area is 276 Å². The number of amides is 2. The summed E-state index contributed by atoms with van der Waals surface area (Å²) in [4.78, 5) is 49.1. The Morgan fingerprint density at radius 3 is 2.62 bits per heavy atom. The summed E-state index contributed by atoms with van der Waals surface area (Å²) in [6.45, 7) is 6.83. The van der Waals surface area contributed by atoms with Crippen molar-refractivity contribution in [3.63, 3.8) is 0 Å². The number of imidazole rings is 1. The predicted octanol–water partition coefficient (Wildman–Crippen LogP) is 5.10. The number of aromatic nitrogens is 4. The molecule has 4 heterocycles. The van der Waals surface area contributed by atoms with E-state index in [0.29, 0.717) is 59.2 Å². The minimum Gasteiger partial charge on any atom is -0.461 e. The molecule has 256 valence electrons. The number of nitrogens with zero attached hydrogens (tertiary/aromatic N) is 5. The van der Waals surface area contributed by atoms with Crippen molar-refractivity contribution in [3.8, 4) is 17.3 Å². The molecule has 1 aliphatic carbocycles. The average Bonchev–Trinajstić information content (AvgIpc) is 3.70. The third-order valence-corrected chi connectivity index (χ3v) is 8.36. The number of rotatable bonds is 11. The van der Waals surface area contributed by atoms with Crippen LogP contribution >= 0.6 is 0 Å². The topological polar surface area (TPSA) is 130 Å². The smallest absolute Gasteiger partial charge is 0.408 e. The van der Waals surface area contributed by atoms with E-state index in [1.54, 1.807) is 45.9 Å². The number of alkyl carbamates (subject to hydrolysis) is 1. The largest absolute Gasteiger partial charge is 0.461 e. The van der Waals surface area contributed by atoms with E-state index in [9.17, 15) is 23.2 Å². The highest BCUT2D eigenvalue weighted by Gasteiger charge is 2.32. The number of halogens is 2. The lowest BCUT2D eigenvalue weighted by atomic mass is 10.0. The van der Waals surface area contributed by atoms with E-state index < -0.39 is 36.7 Å². The van der Waals surface area contributed by atoms with E-state index >= 15 is 0 Å². The molecule has 1 fully saturated rings. The second kappa shape index (κ2) is 13.0. The zero-order valence-electron chi connectivity index (χ0n) is 27.7. The van der Waals surface area contributed by atoms with Crippen molar-refractivity contribution in [2.75, 3.05) is 26.4 Å². The number of alkyl halides is 2. The molecule has 1 unspecified atom stereocenters. The van der Waals surface area contributed by atoms with E-state index in [1.165, 1.54) is 4.90 Å². The van der Waals surface area contributed by atoms with Crippen LogP contribution < -0.4 is 10.1 Å². The monoisotopic (exact) mass is 666 g/mol. The van der Waals surface area contributed by atoms with Crippen molar-refractivity contribution in [1.82, 2.24) is 29.3 Å². The van der Waals surface area contributed by atoms with Crippen molar-refractivity contribution in [1.29, 1.82) is 0 Å². The van der Waals surface area contributed by atoms with Crippen molar-refractivity contribution in [3.05, 3.63) is 41.6 Å². The van der Waals surface area contributed by atoms with Gasteiger partial charge in [-0.1, -0.05) is 12.1 Å². The van der Waals surface area contributed by atoms with Crippen LogP contribution in [-0.2, 0) is 34.3 Å². The highest BCUT2D eigenvalue weighted by molar-refractivity contribution is 5.99. The number of hydrogen-bond acceptors (Lipinski definition) is 8. The van der Waals surface area contributed by atoms with Crippen LogP contribution in [0.5, 0.6) is 5.75 Å². The second-order valence-electron chi connectivity index (χ2n) is 13.3. The summed E-state index contributed by atoms with van der Waals surface area (Å²) < 4.78 is 48.1. The van der Waals surface area contributed by atoms with Crippen molar-refractivity contribution < 1.29 is 37.4 Å². The fourth-order valence-corrected chi connectivity index (χ4v) is 6.00. The average molecular weight is 667 g/mol. The third kappa shape index (κ3) is 6.78. The highest BCUT2D eigenvalue weighted by Crippen LogP contribution is 2.39. The van der Waals surface area contributed by atoms with E-state index in [1.807, 2.05) is 28.3 Å². The number of benzene rings is 1. The summed E-state index contributed by atoms with van der Waals surface area (Å²) in [5.74, 6) is -0.179. The second-order valence-corrected chi connectivity index (χ2v) is 13.3. The number of carbonyl (C=O) groups excluding carboxylic acids is 3. The molecule has 2 aliphatic rings. The minimum atomic E-state index is -2.28. The molecule has 1 N–H and O–H groups in total. The summed E-state index contributed by atoms with van der Waals surface area (Å²) in [5.41, 5.74) is 2.72. The first-order valence-electron chi connectivity index (χ1n) is 16.2. The number of hydrogen-bond donors (Lipinski definition) is 1. The van der Waals surface area contributed by atoms with Gasteiger partial charge in [0, 0.05) is 38.5 Å². The zero-order valence-corrected chi connectivity index (χ0v) is 27.7. The first-order chi connectivity index (χ1) is 22.9. The lowest BCUT2D eigenvalue weighted by Gasteiger charge is -2.31. The Morgan fingerprint density at radius 2 is 1.94 bits per heavy atom. The van der Waals surface area contributed by atoms with Crippen LogP contribution in [0.4, 0.5) is 13.6 Å². The summed E-state index contributed by atoms with van der Waals surface area (Å²) in [6, 6.07) is 7.97. The van der Waals surface area contributed by atoms with Crippen molar-refractivity contribution in [2.45, 2.75) is 71.5 Å². The molecule has 3 aromatic heterocycles. The molecule has 48 heavy (non-hydrogen) atoms. The van der Waals surface area contributed by atoms with Gasteiger partial charge in [0.1, 0.15) is 23.5 Å². The molecule has 0 spiro atoms. The SMILES string of the molecule is CCOC(=O)C(F)Oc1cccc2cc(-c3nc4cc5c(nc4n3C)CCN(C[C@@H](CF)NC(=O)OC(C)(C)C)C5=O)n(CC3CC3)c12. The van der Waals surface area contributed by atoms with Crippen LogP contribution in [0.3, 0.4) is 0 Å². The third-order valence-electron chi connectivity index (χ3n) is 8.36. The van der Waals surface area contributed by atoms with Crippen LogP contribution in [-0.4, -0.2) is 86.3 Å². The van der Waals surface area contributed by atoms with Crippen LogP contribution in [0.2, 0.25) is 0 Å². The van der Waals surface area contributed by atoms with Gasteiger partial charge in [-0.25, -0.2) is 23.9 Å². The maximum absolute atomic E-state index is 14.7. The Morgan fingerprint density at radius 1 is 1.17 bits per heavy atom. The number of esters is 1. The van der Waals surface area contributed by atoms with Crippen molar-refractivity contribution in [2.24, 2.45) is 13.0 Å². The van der Waals surface area contributed by atoms with Gasteiger partial charge in [-0.05, 0) is 64.7 Å². The normalized spacial score (nSPS) is 16.1. The fourth-order valence-electron chi connectivity index (χ4n) is 6.00. The Bertz CT molecular complexity index is 1880. The first-order valence-corrected chi connectivity index (χ1v) is 16.2. The maximum atomic E-state index is 14.7. The van der Waals surface area contributed by atoms with Gasteiger partial charge in [0.2, 0.25) is 0 Å². The van der Waals surface area contributed by atoms with Gasteiger partial charge in [-0.15, -0.1) is 0 Å². The summed E-state index contributed by atoms with van der Waals surface area (Å²) >= 11 is 0. The van der Waals surface area contributed by atoms with E-state index in [4.69, 9.17) is 24.2 Å². The van der Waals surface area contributed by atoms with Crippen LogP contribution in [0.1, 0.15) is 56.6 Å². The number of pyridine rings is 1. The molecule has 4 aromatic rings. The maximum Gasteiger partial charge on any atom is 0.408 e. The Hall–Kier alpha value is -4.75. The van der Waals surface area contributed by atoms with Gasteiger partial charge >= 0.3 is 18.4 Å². The molecular formula is C34H40F2N6O6. The number of nitrogens with one attached hydrogen (secondary N) is 1. The number of para-hydroxylation sites is 1. The summed E-state index contributed by atoms with van der Waals surface area (Å²) in [6.07, 6.45) is -0.470. The zero-order chi connectivity index (χ0) is 34.3. The van der Waals surface area contributed by atoms with Crippen LogP contribution in [0, 0.1) is 5.92 Å². The minimum absolute atomic E-state index is 0.0267. The highest BCUT2D eigenvalue weighted by atomic mass is 19.1. The standard InChI is InChI=1S/C34H40F2N6O6/c1-6-46-32(44)28(36)47-26-9-7-8-20-14-25(42(27(20)26)17-19-10-11-19)30-39-24-15-22-23(38-29(24)40(30)5)12-13-41(31(22)43)18-21(16-35)37-33(45)48-34(2,3)4/h7-9,14-15,19,21,28H,6,10-13,16-18H2,1-5H3,(H,37,45)/t21-,28?/m1/s1. The van der Waals surface area contributed by atoms with Gasteiger partial charge in [0.25, 0.3) is 5.91 Å². The lowest BCUT2D eigenvalue weighted by molar-refractivity contribution is -0.159. The van der Waals surface area contributed by atoms with Gasteiger partial charge in [0.15, 0.2) is 11.5 Å². The van der Waals surface area contributed by atoms with Crippen LogP contribution in [0.25, 0.3) is 33.6 Å². The molecule has 1 aliphatic heterocycles. The number of ether oxygens (including phenoxy) is 3. The fraction of sp³-hybridized carbons (Fsp3) is 0.500. The molecule has 1 saturated carbocycles. The Kier molecular flexibility index (Phi) is 9.01. The molecular weight excluding hydrogens is 626 g/mol. The first kappa shape index (κ1) is 33.2. The van der Waals surface area contributed by atoms with Gasteiger partial charge in [-0.2, -0.15) is 4.39 Å². The summed E-state index contributed by atoms with van der Waals surface area (Å²) in [5, 5.41) is 3.30. The summed E-state index contributed by atoms with van der Waals surface area (Å²) in [7, 11) is 1.85. The molecule has 2 atom stereocenters. The molecule has 6 rings (SSSR count). The quantitative estimate of drug-likeness (QED) is 0.219. The van der Waals surface area contributed by atoms with E-state index in [-0.39, 0.29) is 24.8 Å². The molecule has 1 aromatic carbocycles. The molecule has 12 nitrogen and oxygen atoms in total. The van der Waals surface area contributed by atoms with Crippen LogP contribution in [0.15, 0.2) is 30.3 Å². The number of carbonyl (C=O) groups is 3.